The van der Waals surface area contributed by atoms with Crippen LogP contribution >= 0.6 is 0 Å². The van der Waals surface area contributed by atoms with Gasteiger partial charge in [0.15, 0.2) is 0 Å². The summed E-state index contributed by atoms with van der Waals surface area (Å²) in [4.78, 5) is 0. The van der Waals surface area contributed by atoms with Crippen LogP contribution in [0.5, 0.6) is 5.75 Å². The number of nitrogen functional groups attached to an aromatic ring is 1. The van der Waals surface area contributed by atoms with Crippen molar-refractivity contribution >= 4 is 5.84 Å². The van der Waals surface area contributed by atoms with Crippen molar-refractivity contribution in [2.75, 3.05) is 7.11 Å². The molecule has 19 heavy (non-hydrogen) atoms. The van der Waals surface area contributed by atoms with Crippen LogP contribution in [0.1, 0.15) is 38.3 Å². The lowest BCUT2D eigenvalue weighted by Gasteiger charge is -2.17. The normalized spacial score (nSPS) is 12.5. The van der Waals surface area contributed by atoms with Crippen molar-refractivity contribution in [3.05, 3.63) is 29.3 Å². The molecule has 4 heteroatoms. The molecule has 1 unspecified atom stereocenters. The predicted octanol–water partition coefficient (Wildman–Crippen LogP) is 2.93. The van der Waals surface area contributed by atoms with Gasteiger partial charge in [0.25, 0.3) is 0 Å². The number of hydrogen-bond acceptors (Lipinski definition) is 3. The van der Waals surface area contributed by atoms with Gasteiger partial charge in [-0.05, 0) is 37.5 Å². The Morgan fingerprint density at radius 2 is 2.00 bits per heavy atom. The maximum atomic E-state index is 7.46. The minimum atomic E-state index is 0.0548. The Labute approximate surface area is 115 Å². The Hall–Kier alpha value is -1.55. The molecular formula is C15H24N2O2. The Kier molecular flexibility index (Phi) is 5.83. The third-order valence-electron chi connectivity index (χ3n) is 2.92. The van der Waals surface area contributed by atoms with Crippen LogP contribution in [0.4, 0.5) is 0 Å². The highest BCUT2D eigenvalue weighted by Crippen LogP contribution is 2.22. The smallest absolute Gasteiger partial charge is 0.124 e. The number of nitrogens with one attached hydrogen (secondary N) is 1. The first-order valence-corrected chi connectivity index (χ1v) is 6.57. The van der Waals surface area contributed by atoms with Crippen LogP contribution in [-0.2, 0) is 11.3 Å². The fourth-order valence-corrected chi connectivity index (χ4v) is 2.02. The van der Waals surface area contributed by atoms with Gasteiger partial charge in [0.05, 0.1) is 19.8 Å². The quantitative estimate of drug-likeness (QED) is 0.587. The monoisotopic (exact) mass is 264 g/mol. The van der Waals surface area contributed by atoms with Crippen LogP contribution in [-0.4, -0.2) is 19.0 Å². The minimum absolute atomic E-state index is 0.0548. The summed E-state index contributed by atoms with van der Waals surface area (Å²) in [6, 6.07) is 5.45. The molecule has 1 rings (SSSR count). The third-order valence-corrected chi connectivity index (χ3v) is 2.92. The summed E-state index contributed by atoms with van der Waals surface area (Å²) in [5.41, 5.74) is 7.11. The van der Waals surface area contributed by atoms with Gasteiger partial charge < -0.3 is 15.2 Å². The molecule has 0 aromatic heterocycles. The van der Waals surface area contributed by atoms with Gasteiger partial charge in [-0.3, -0.25) is 5.41 Å². The van der Waals surface area contributed by atoms with Crippen molar-refractivity contribution in [2.24, 2.45) is 11.7 Å². The fraction of sp³-hybridized carbons (Fsp3) is 0.533. The van der Waals surface area contributed by atoms with Crippen LogP contribution in [0.3, 0.4) is 0 Å². The molecule has 0 radical (unpaired) electrons. The SMILES string of the molecule is COc1ccc(C(=N)N)cc1COC(C)CC(C)C. The average Bonchev–Trinajstić information content (AvgIpc) is 2.35. The molecule has 0 heterocycles. The Bertz CT molecular complexity index is 430. The van der Waals surface area contributed by atoms with Crippen LogP contribution in [0.15, 0.2) is 18.2 Å². The number of benzene rings is 1. The van der Waals surface area contributed by atoms with Gasteiger partial charge in [0.2, 0.25) is 0 Å². The van der Waals surface area contributed by atoms with E-state index in [2.05, 4.69) is 20.8 Å². The van der Waals surface area contributed by atoms with Gasteiger partial charge in [0, 0.05) is 11.1 Å². The summed E-state index contributed by atoms with van der Waals surface area (Å²) in [5, 5.41) is 7.46. The van der Waals surface area contributed by atoms with E-state index in [9.17, 15) is 0 Å². The highest BCUT2D eigenvalue weighted by Gasteiger charge is 2.10. The molecule has 0 fully saturated rings. The zero-order chi connectivity index (χ0) is 14.4. The predicted molar refractivity (Wildman–Crippen MR) is 77.7 cm³/mol. The molecule has 0 saturated carbocycles. The first-order chi connectivity index (χ1) is 8.93. The van der Waals surface area contributed by atoms with Crippen LogP contribution < -0.4 is 10.5 Å². The van der Waals surface area contributed by atoms with Crippen molar-refractivity contribution in [1.82, 2.24) is 0 Å². The Morgan fingerprint density at radius 1 is 1.32 bits per heavy atom. The second-order valence-corrected chi connectivity index (χ2v) is 5.19. The number of ether oxygens (including phenoxy) is 2. The minimum Gasteiger partial charge on any atom is -0.496 e. The van der Waals surface area contributed by atoms with Gasteiger partial charge in [-0.15, -0.1) is 0 Å². The zero-order valence-corrected chi connectivity index (χ0v) is 12.2. The molecule has 4 nitrogen and oxygen atoms in total. The summed E-state index contributed by atoms with van der Waals surface area (Å²) < 4.78 is 11.1. The number of amidine groups is 1. The van der Waals surface area contributed by atoms with Gasteiger partial charge in [-0.1, -0.05) is 13.8 Å². The molecule has 0 bridgehead atoms. The number of nitrogens with two attached hydrogens (primary N) is 1. The van der Waals surface area contributed by atoms with Crippen molar-refractivity contribution in [1.29, 1.82) is 5.41 Å². The maximum absolute atomic E-state index is 7.46. The van der Waals surface area contributed by atoms with Crippen LogP contribution in [0.2, 0.25) is 0 Å². The summed E-state index contributed by atoms with van der Waals surface area (Å²) in [6.45, 7) is 6.90. The molecule has 0 spiro atoms. The highest BCUT2D eigenvalue weighted by molar-refractivity contribution is 5.95. The standard InChI is InChI=1S/C15H24N2O2/c1-10(2)7-11(3)19-9-13-8-12(15(16)17)5-6-14(13)18-4/h5-6,8,10-11H,7,9H2,1-4H3,(H3,16,17). The van der Waals surface area contributed by atoms with Crippen LogP contribution in [0.25, 0.3) is 0 Å². The Morgan fingerprint density at radius 3 is 2.53 bits per heavy atom. The van der Waals surface area contributed by atoms with E-state index < -0.39 is 0 Å². The zero-order valence-electron chi connectivity index (χ0n) is 12.2. The van der Waals surface area contributed by atoms with E-state index in [1.165, 1.54) is 0 Å². The molecule has 0 aliphatic carbocycles. The molecule has 0 saturated heterocycles. The van der Waals surface area contributed by atoms with E-state index in [0.717, 1.165) is 17.7 Å². The van der Waals surface area contributed by atoms with Crippen molar-refractivity contribution in [2.45, 2.75) is 39.9 Å². The topological polar surface area (TPSA) is 68.3 Å². The number of rotatable bonds is 7. The van der Waals surface area contributed by atoms with Gasteiger partial charge in [-0.2, -0.15) is 0 Å². The highest BCUT2D eigenvalue weighted by atomic mass is 16.5. The molecule has 0 amide bonds. The van der Waals surface area contributed by atoms with Gasteiger partial charge in [-0.25, -0.2) is 0 Å². The van der Waals surface area contributed by atoms with E-state index in [4.69, 9.17) is 20.6 Å². The van der Waals surface area contributed by atoms with E-state index in [1.807, 2.05) is 12.1 Å². The molecule has 0 aliphatic heterocycles. The second kappa shape index (κ2) is 7.14. The first-order valence-electron chi connectivity index (χ1n) is 6.57. The molecule has 1 atom stereocenters. The van der Waals surface area contributed by atoms with Crippen molar-refractivity contribution in [3.63, 3.8) is 0 Å². The van der Waals surface area contributed by atoms with Gasteiger partial charge >= 0.3 is 0 Å². The van der Waals surface area contributed by atoms with E-state index in [1.54, 1.807) is 13.2 Å². The third kappa shape index (κ3) is 4.91. The molecule has 106 valence electrons. The van der Waals surface area contributed by atoms with E-state index in [0.29, 0.717) is 18.1 Å². The lowest BCUT2D eigenvalue weighted by molar-refractivity contribution is 0.0387. The first kappa shape index (κ1) is 15.5. The molecule has 3 N–H and O–H groups in total. The van der Waals surface area contributed by atoms with E-state index >= 15 is 0 Å². The fourth-order valence-electron chi connectivity index (χ4n) is 2.02. The number of hydrogen-bond donors (Lipinski definition) is 2. The summed E-state index contributed by atoms with van der Waals surface area (Å²) in [7, 11) is 1.63. The maximum Gasteiger partial charge on any atom is 0.124 e. The van der Waals surface area contributed by atoms with Crippen molar-refractivity contribution in [3.8, 4) is 5.75 Å². The van der Waals surface area contributed by atoms with Crippen LogP contribution in [0, 0.1) is 11.3 Å². The lowest BCUT2D eigenvalue weighted by atomic mass is 10.1. The van der Waals surface area contributed by atoms with Gasteiger partial charge in [0.1, 0.15) is 11.6 Å². The van der Waals surface area contributed by atoms with E-state index in [-0.39, 0.29) is 11.9 Å². The van der Waals surface area contributed by atoms with Crippen molar-refractivity contribution < 1.29 is 9.47 Å². The average molecular weight is 264 g/mol. The summed E-state index contributed by atoms with van der Waals surface area (Å²) in [6.07, 6.45) is 1.22. The molecule has 0 aliphatic rings. The lowest BCUT2D eigenvalue weighted by Crippen LogP contribution is -2.14. The Balaban J connectivity index is 2.75. The summed E-state index contributed by atoms with van der Waals surface area (Å²) in [5.74, 6) is 1.43. The second-order valence-electron chi connectivity index (χ2n) is 5.19. The molecule has 1 aromatic carbocycles. The number of methoxy groups -OCH3 is 1. The largest absolute Gasteiger partial charge is 0.496 e. The molecular weight excluding hydrogens is 240 g/mol. The molecule has 1 aromatic rings. The summed E-state index contributed by atoms with van der Waals surface area (Å²) >= 11 is 0.